The molecule has 0 saturated carbocycles. The lowest BCUT2D eigenvalue weighted by Gasteiger charge is -2.50. The molecule has 2 aliphatic heterocycles. The number of pyridine rings is 1. The number of Topliss-reactive ketones (excluding diaryl/α,β-unsaturated/α-hetero) is 1. The molecule has 6 rings (SSSR count). The average molecular weight is 425 g/mol. The normalized spacial score (nSPS) is 27.5. The van der Waals surface area contributed by atoms with Crippen LogP contribution in [-0.4, -0.2) is 16.9 Å². The summed E-state index contributed by atoms with van der Waals surface area (Å²) in [5.74, 6) is 0.271. The molecule has 2 atom stereocenters. The summed E-state index contributed by atoms with van der Waals surface area (Å²) in [7, 11) is 0. The zero-order valence-electron chi connectivity index (χ0n) is 18.9. The van der Waals surface area contributed by atoms with Gasteiger partial charge in [-0.25, -0.2) is 0 Å². The van der Waals surface area contributed by atoms with Crippen LogP contribution in [0.5, 0.6) is 0 Å². The first kappa shape index (κ1) is 19.6. The summed E-state index contributed by atoms with van der Waals surface area (Å²) in [5.41, 5.74) is 8.76. The van der Waals surface area contributed by atoms with E-state index in [1.807, 2.05) is 19.3 Å². The summed E-state index contributed by atoms with van der Waals surface area (Å²) in [5, 5.41) is 12.4. The Morgan fingerprint density at radius 1 is 1.16 bits per heavy atom. The van der Waals surface area contributed by atoms with E-state index >= 15 is 0 Å². The van der Waals surface area contributed by atoms with Crippen LogP contribution in [0.3, 0.4) is 0 Å². The minimum atomic E-state index is -0.437. The van der Waals surface area contributed by atoms with Gasteiger partial charge in [0.1, 0.15) is 0 Å². The largest absolute Gasteiger partial charge is 0.362 e. The van der Waals surface area contributed by atoms with Gasteiger partial charge in [0.25, 0.3) is 0 Å². The van der Waals surface area contributed by atoms with Crippen molar-refractivity contribution >= 4 is 5.78 Å². The fraction of sp³-hybridized carbons (Fsp3) is 0.407. The van der Waals surface area contributed by atoms with Gasteiger partial charge in [-0.15, -0.1) is 0 Å². The molecule has 0 saturated heterocycles. The molecule has 1 aromatic heterocycles. The highest BCUT2D eigenvalue weighted by atomic mass is 16.1. The van der Waals surface area contributed by atoms with Crippen molar-refractivity contribution in [3.05, 3.63) is 76.4 Å². The molecule has 1 spiro atoms. The van der Waals surface area contributed by atoms with Gasteiger partial charge in [-0.2, -0.15) is 10.2 Å². The number of fused-ring (bicyclic) bond motifs is 5. The number of carbonyl (C=O) groups is 1. The molecule has 0 bridgehead atoms. The topological polar surface area (TPSA) is 66.7 Å². The van der Waals surface area contributed by atoms with Crippen molar-refractivity contribution in [2.45, 2.75) is 64.5 Å². The van der Waals surface area contributed by atoms with Crippen LogP contribution in [0, 0.1) is 12.3 Å². The molecule has 0 fully saturated rings. The predicted molar refractivity (Wildman–Crippen MR) is 124 cm³/mol. The van der Waals surface area contributed by atoms with Crippen molar-refractivity contribution in [2.75, 3.05) is 0 Å². The zero-order valence-corrected chi connectivity index (χ0v) is 18.9. The van der Waals surface area contributed by atoms with Crippen LogP contribution in [0.4, 0.5) is 0 Å². The maximum absolute atomic E-state index is 13.7. The van der Waals surface area contributed by atoms with Crippen molar-refractivity contribution in [1.29, 1.82) is 0 Å². The molecule has 0 amide bonds. The number of aryl methyl sites for hydroxylation is 1. The first-order chi connectivity index (χ1) is 15.4. The standard InChI is InChI=1S/C27H28N4O/c1-16-12-17(9-11-28-16)18-6-4-8-20-19(18)7-5-10-27(20)21-15-29-31-25(21)30-22-13-26(2,3)14-23(32)24(22)27/h4,6,8-9,11-12,15,25,30H,5,7,10,13-14H2,1-3H3/t25?,27-/m1/s1. The van der Waals surface area contributed by atoms with Crippen LogP contribution in [0.15, 0.2) is 69.8 Å². The number of hydrogen-bond acceptors (Lipinski definition) is 5. The second-order valence-electron chi connectivity index (χ2n) is 10.4. The SMILES string of the molecule is Cc1cc(-c2cccc3c2CCC[C@]32C3=CN=NC3NC3=C2C(=O)CC(C)(C)C3)ccn1. The van der Waals surface area contributed by atoms with E-state index in [9.17, 15) is 4.79 Å². The summed E-state index contributed by atoms with van der Waals surface area (Å²) in [4.78, 5) is 18.1. The number of allylic oxidation sites excluding steroid dienone is 2. The van der Waals surface area contributed by atoms with E-state index in [4.69, 9.17) is 0 Å². The van der Waals surface area contributed by atoms with Gasteiger partial charge in [0, 0.05) is 35.2 Å². The summed E-state index contributed by atoms with van der Waals surface area (Å²) in [6.07, 6.45) is 8.04. The minimum absolute atomic E-state index is 0.0466. The number of benzene rings is 1. The van der Waals surface area contributed by atoms with E-state index in [1.54, 1.807) is 0 Å². The summed E-state index contributed by atoms with van der Waals surface area (Å²) in [6, 6.07) is 10.8. The minimum Gasteiger partial charge on any atom is -0.362 e. The molecular weight excluding hydrogens is 396 g/mol. The fourth-order valence-corrected chi connectivity index (χ4v) is 6.46. The van der Waals surface area contributed by atoms with E-state index < -0.39 is 5.41 Å². The molecule has 5 nitrogen and oxygen atoms in total. The molecule has 2 aliphatic carbocycles. The monoisotopic (exact) mass is 424 g/mol. The Labute approximate surface area is 188 Å². The Morgan fingerprint density at radius 3 is 2.88 bits per heavy atom. The van der Waals surface area contributed by atoms with Gasteiger partial charge in [-0.1, -0.05) is 32.0 Å². The molecule has 162 valence electrons. The Kier molecular flexibility index (Phi) is 4.11. The zero-order chi connectivity index (χ0) is 22.1. The molecule has 5 heteroatoms. The fourth-order valence-electron chi connectivity index (χ4n) is 6.46. The van der Waals surface area contributed by atoms with Crippen molar-refractivity contribution in [1.82, 2.24) is 10.3 Å². The van der Waals surface area contributed by atoms with Gasteiger partial charge in [0.15, 0.2) is 11.9 Å². The molecule has 3 heterocycles. The Morgan fingerprint density at radius 2 is 2.03 bits per heavy atom. The Hall–Kier alpha value is -3.08. The number of rotatable bonds is 1. The lowest BCUT2D eigenvalue weighted by atomic mass is 9.55. The number of nitrogens with one attached hydrogen (secondary N) is 1. The summed E-state index contributed by atoms with van der Waals surface area (Å²) < 4.78 is 0. The number of aromatic nitrogens is 1. The Balaban J connectivity index is 1.63. The molecular formula is C27H28N4O. The van der Waals surface area contributed by atoms with Crippen LogP contribution in [0.25, 0.3) is 11.1 Å². The second-order valence-corrected chi connectivity index (χ2v) is 10.4. The first-order valence-electron chi connectivity index (χ1n) is 11.6. The van der Waals surface area contributed by atoms with E-state index in [0.717, 1.165) is 48.2 Å². The van der Waals surface area contributed by atoms with Gasteiger partial charge in [0.05, 0.1) is 11.6 Å². The van der Waals surface area contributed by atoms with Crippen molar-refractivity contribution in [3.63, 3.8) is 0 Å². The summed E-state index contributed by atoms with van der Waals surface area (Å²) in [6.45, 7) is 6.40. The van der Waals surface area contributed by atoms with Crippen molar-refractivity contribution in [2.24, 2.45) is 15.6 Å². The van der Waals surface area contributed by atoms with Crippen LogP contribution in [-0.2, 0) is 16.6 Å². The van der Waals surface area contributed by atoms with Gasteiger partial charge in [-0.3, -0.25) is 9.78 Å². The molecule has 1 N–H and O–H groups in total. The summed E-state index contributed by atoms with van der Waals surface area (Å²) >= 11 is 0. The number of ketones is 1. The smallest absolute Gasteiger partial charge is 0.164 e. The number of azo groups is 1. The number of nitrogens with zero attached hydrogens (tertiary/aromatic N) is 3. The van der Waals surface area contributed by atoms with Gasteiger partial charge < -0.3 is 5.32 Å². The van der Waals surface area contributed by atoms with Crippen LogP contribution < -0.4 is 5.32 Å². The first-order valence-corrected chi connectivity index (χ1v) is 11.6. The third-order valence-electron chi connectivity index (χ3n) is 7.60. The molecule has 1 aromatic carbocycles. The molecule has 1 unspecified atom stereocenters. The third-order valence-corrected chi connectivity index (χ3v) is 7.60. The Bertz CT molecular complexity index is 1250. The highest BCUT2D eigenvalue weighted by Crippen LogP contribution is 2.57. The molecule has 2 aromatic rings. The quantitative estimate of drug-likeness (QED) is 0.652. The molecule has 4 aliphatic rings. The molecule has 32 heavy (non-hydrogen) atoms. The van der Waals surface area contributed by atoms with Crippen molar-refractivity contribution < 1.29 is 4.79 Å². The maximum Gasteiger partial charge on any atom is 0.164 e. The van der Waals surface area contributed by atoms with Crippen LogP contribution in [0.2, 0.25) is 0 Å². The lowest BCUT2D eigenvalue weighted by molar-refractivity contribution is -0.119. The lowest BCUT2D eigenvalue weighted by Crippen LogP contribution is -2.52. The van der Waals surface area contributed by atoms with E-state index in [1.165, 1.54) is 22.3 Å². The third kappa shape index (κ3) is 2.70. The maximum atomic E-state index is 13.7. The average Bonchev–Trinajstić information content (AvgIpc) is 3.21. The second kappa shape index (κ2) is 6.71. The van der Waals surface area contributed by atoms with Gasteiger partial charge >= 0.3 is 0 Å². The van der Waals surface area contributed by atoms with Crippen molar-refractivity contribution in [3.8, 4) is 11.1 Å². The van der Waals surface area contributed by atoms with Crippen LogP contribution >= 0.6 is 0 Å². The van der Waals surface area contributed by atoms with E-state index in [2.05, 4.69) is 64.7 Å². The van der Waals surface area contributed by atoms with E-state index in [-0.39, 0.29) is 17.4 Å². The molecule has 0 radical (unpaired) electrons. The highest BCUT2D eigenvalue weighted by Gasteiger charge is 2.55. The van der Waals surface area contributed by atoms with Gasteiger partial charge in [0.2, 0.25) is 0 Å². The van der Waals surface area contributed by atoms with Crippen LogP contribution in [0.1, 0.15) is 56.4 Å². The number of hydrogen-bond donors (Lipinski definition) is 1. The number of carbonyl (C=O) groups excluding carboxylic acids is 1. The highest BCUT2D eigenvalue weighted by molar-refractivity contribution is 6.02. The van der Waals surface area contributed by atoms with E-state index in [0.29, 0.717) is 6.42 Å². The van der Waals surface area contributed by atoms with Gasteiger partial charge in [-0.05, 0) is 72.4 Å². The predicted octanol–water partition coefficient (Wildman–Crippen LogP) is 5.55.